The minimum atomic E-state index is -0.383. The summed E-state index contributed by atoms with van der Waals surface area (Å²) in [4.78, 5) is 13.7. The standard InChI is InChI=1S/C9H11NO2/c1-9(2,10-7-11)5-8-3-4-12-6-8/h3-4,6H,5H2,1-2H3. The highest BCUT2D eigenvalue weighted by Gasteiger charge is 2.17. The Hall–Kier alpha value is -1.34. The van der Waals surface area contributed by atoms with E-state index in [0.717, 1.165) is 5.56 Å². The van der Waals surface area contributed by atoms with Gasteiger partial charge in [0.2, 0.25) is 6.08 Å². The van der Waals surface area contributed by atoms with Gasteiger partial charge in [-0.05, 0) is 25.5 Å². The van der Waals surface area contributed by atoms with E-state index in [4.69, 9.17) is 4.42 Å². The number of hydrogen-bond donors (Lipinski definition) is 0. The van der Waals surface area contributed by atoms with E-state index >= 15 is 0 Å². The van der Waals surface area contributed by atoms with Crippen molar-refractivity contribution in [1.82, 2.24) is 0 Å². The molecule has 1 aromatic heterocycles. The first-order valence-electron chi connectivity index (χ1n) is 3.74. The van der Waals surface area contributed by atoms with Crippen LogP contribution in [0.2, 0.25) is 0 Å². The minimum Gasteiger partial charge on any atom is -0.472 e. The van der Waals surface area contributed by atoms with Gasteiger partial charge in [-0.15, -0.1) is 0 Å². The molecule has 0 aliphatic rings. The first-order chi connectivity index (χ1) is 5.64. The molecule has 0 aromatic carbocycles. The van der Waals surface area contributed by atoms with Gasteiger partial charge in [0.05, 0.1) is 18.1 Å². The summed E-state index contributed by atoms with van der Waals surface area (Å²) >= 11 is 0. The van der Waals surface area contributed by atoms with Crippen LogP contribution in [0.1, 0.15) is 19.4 Å². The van der Waals surface area contributed by atoms with Gasteiger partial charge in [0.25, 0.3) is 0 Å². The van der Waals surface area contributed by atoms with Gasteiger partial charge in [-0.3, -0.25) is 0 Å². The first kappa shape index (κ1) is 8.75. The van der Waals surface area contributed by atoms with Gasteiger partial charge >= 0.3 is 0 Å². The summed E-state index contributed by atoms with van der Waals surface area (Å²) in [6.45, 7) is 3.76. The average Bonchev–Trinajstić information content (AvgIpc) is 2.38. The molecule has 0 fully saturated rings. The predicted octanol–water partition coefficient (Wildman–Crippen LogP) is 1.94. The third kappa shape index (κ3) is 2.36. The summed E-state index contributed by atoms with van der Waals surface area (Å²) in [5.41, 5.74) is 0.657. The third-order valence-corrected chi connectivity index (χ3v) is 1.57. The average molecular weight is 165 g/mol. The van der Waals surface area contributed by atoms with Gasteiger partial charge in [0.1, 0.15) is 0 Å². The zero-order chi connectivity index (χ0) is 9.03. The lowest BCUT2D eigenvalue weighted by molar-refractivity contribution is 0.495. The number of carbonyl (C=O) groups excluding carboxylic acids is 1. The Balaban J connectivity index is 2.68. The number of isocyanates is 1. The molecule has 1 rings (SSSR count). The van der Waals surface area contributed by atoms with Gasteiger partial charge in [0.15, 0.2) is 0 Å². The topological polar surface area (TPSA) is 42.6 Å². The highest BCUT2D eigenvalue weighted by atomic mass is 16.3. The lowest BCUT2D eigenvalue weighted by Gasteiger charge is -2.15. The molecule has 0 radical (unpaired) electrons. The lowest BCUT2D eigenvalue weighted by atomic mass is 9.98. The van der Waals surface area contributed by atoms with Crippen molar-refractivity contribution >= 4 is 6.08 Å². The summed E-state index contributed by atoms with van der Waals surface area (Å²) in [6.07, 6.45) is 5.52. The van der Waals surface area contributed by atoms with E-state index in [9.17, 15) is 4.79 Å². The molecule has 64 valence electrons. The number of hydrogen-bond acceptors (Lipinski definition) is 3. The first-order valence-corrected chi connectivity index (χ1v) is 3.74. The van der Waals surface area contributed by atoms with Crippen molar-refractivity contribution in [2.75, 3.05) is 0 Å². The highest BCUT2D eigenvalue weighted by molar-refractivity contribution is 5.35. The van der Waals surface area contributed by atoms with E-state index in [-0.39, 0.29) is 5.54 Å². The van der Waals surface area contributed by atoms with Crippen LogP contribution in [0.3, 0.4) is 0 Å². The Morgan fingerprint density at radius 3 is 2.92 bits per heavy atom. The molecule has 1 heterocycles. The molecule has 3 nitrogen and oxygen atoms in total. The van der Waals surface area contributed by atoms with Crippen molar-refractivity contribution < 1.29 is 9.21 Å². The molecule has 0 saturated carbocycles. The normalized spacial score (nSPS) is 10.8. The Labute approximate surface area is 71.1 Å². The smallest absolute Gasteiger partial charge is 0.235 e. The van der Waals surface area contributed by atoms with E-state index in [0.29, 0.717) is 6.42 Å². The SMILES string of the molecule is CC(C)(Cc1ccoc1)N=C=O. The molecule has 0 aliphatic carbocycles. The van der Waals surface area contributed by atoms with Gasteiger partial charge < -0.3 is 4.42 Å². The Kier molecular flexibility index (Phi) is 2.46. The van der Waals surface area contributed by atoms with Crippen LogP contribution in [-0.4, -0.2) is 11.6 Å². The van der Waals surface area contributed by atoms with Crippen LogP contribution in [-0.2, 0) is 11.2 Å². The summed E-state index contributed by atoms with van der Waals surface area (Å²) in [5.74, 6) is 0. The van der Waals surface area contributed by atoms with Crippen molar-refractivity contribution in [3.05, 3.63) is 24.2 Å². The van der Waals surface area contributed by atoms with Crippen LogP contribution in [0, 0.1) is 0 Å². The van der Waals surface area contributed by atoms with E-state index in [2.05, 4.69) is 4.99 Å². The Bertz CT molecular complexity index is 281. The fourth-order valence-corrected chi connectivity index (χ4v) is 1.06. The van der Waals surface area contributed by atoms with Gasteiger partial charge in [-0.2, -0.15) is 4.99 Å². The molecule has 3 heteroatoms. The number of furan rings is 1. The van der Waals surface area contributed by atoms with Crippen molar-refractivity contribution in [3.8, 4) is 0 Å². The molecular weight excluding hydrogens is 154 g/mol. The molecule has 1 aromatic rings. The summed E-state index contributed by atoms with van der Waals surface area (Å²) in [5, 5.41) is 0. The minimum absolute atomic E-state index is 0.383. The van der Waals surface area contributed by atoms with Crippen LogP contribution in [0.5, 0.6) is 0 Å². The second-order valence-electron chi connectivity index (χ2n) is 3.32. The number of rotatable bonds is 3. The zero-order valence-electron chi connectivity index (χ0n) is 7.20. The predicted molar refractivity (Wildman–Crippen MR) is 44.6 cm³/mol. The molecule has 0 N–H and O–H groups in total. The maximum Gasteiger partial charge on any atom is 0.235 e. The summed E-state index contributed by atoms with van der Waals surface area (Å²) in [6, 6.07) is 1.86. The molecule has 0 bridgehead atoms. The highest BCUT2D eigenvalue weighted by Crippen LogP contribution is 2.16. The van der Waals surface area contributed by atoms with Gasteiger partial charge in [0, 0.05) is 6.42 Å². The van der Waals surface area contributed by atoms with Crippen LogP contribution in [0.25, 0.3) is 0 Å². The second-order valence-corrected chi connectivity index (χ2v) is 3.32. The summed E-state index contributed by atoms with van der Waals surface area (Å²) < 4.78 is 4.90. The molecule has 0 amide bonds. The lowest BCUT2D eigenvalue weighted by Crippen LogP contribution is -2.19. The van der Waals surface area contributed by atoms with E-state index in [1.807, 2.05) is 19.9 Å². The van der Waals surface area contributed by atoms with Crippen LogP contribution >= 0.6 is 0 Å². The Morgan fingerprint density at radius 2 is 2.42 bits per heavy atom. The molecule has 0 spiro atoms. The maximum atomic E-state index is 10.0. The fourth-order valence-electron chi connectivity index (χ4n) is 1.06. The molecule has 0 saturated heterocycles. The number of nitrogens with zero attached hydrogens (tertiary/aromatic N) is 1. The zero-order valence-corrected chi connectivity index (χ0v) is 7.20. The number of aliphatic imine (C=N–C) groups is 1. The Morgan fingerprint density at radius 1 is 1.67 bits per heavy atom. The van der Waals surface area contributed by atoms with Crippen molar-refractivity contribution in [2.24, 2.45) is 4.99 Å². The van der Waals surface area contributed by atoms with Gasteiger partial charge in [-0.25, -0.2) is 4.79 Å². The van der Waals surface area contributed by atoms with Gasteiger partial charge in [-0.1, -0.05) is 0 Å². The largest absolute Gasteiger partial charge is 0.472 e. The van der Waals surface area contributed by atoms with E-state index < -0.39 is 0 Å². The maximum absolute atomic E-state index is 10.0. The van der Waals surface area contributed by atoms with Crippen LogP contribution in [0.15, 0.2) is 28.0 Å². The second kappa shape index (κ2) is 3.37. The fraction of sp³-hybridized carbons (Fsp3) is 0.444. The van der Waals surface area contributed by atoms with Crippen molar-refractivity contribution in [2.45, 2.75) is 25.8 Å². The van der Waals surface area contributed by atoms with E-state index in [1.165, 1.54) is 0 Å². The van der Waals surface area contributed by atoms with Crippen molar-refractivity contribution in [3.63, 3.8) is 0 Å². The molecule has 0 unspecified atom stereocenters. The van der Waals surface area contributed by atoms with E-state index in [1.54, 1.807) is 18.6 Å². The molecule has 0 atom stereocenters. The molecular formula is C9H11NO2. The quantitative estimate of drug-likeness (QED) is 0.507. The van der Waals surface area contributed by atoms with Crippen molar-refractivity contribution in [1.29, 1.82) is 0 Å². The van der Waals surface area contributed by atoms with Crippen LogP contribution < -0.4 is 0 Å². The molecule has 0 aliphatic heterocycles. The summed E-state index contributed by atoms with van der Waals surface area (Å²) in [7, 11) is 0. The third-order valence-electron chi connectivity index (χ3n) is 1.57. The molecule has 12 heavy (non-hydrogen) atoms. The van der Waals surface area contributed by atoms with Crippen LogP contribution in [0.4, 0.5) is 0 Å². The monoisotopic (exact) mass is 165 g/mol.